The van der Waals surface area contributed by atoms with Crippen molar-refractivity contribution < 1.29 is 28.0 Å². The van der Waals surface area contributed by atoms with E-state index in [0.717, 1.165) is 12.2 Å². The highest BCUT2D eigenvalue weighted by atomic mass is 19.1. The highest BCUT2D eigenvalue weighted by Gasteiger charge is 2.33. The largest absolute Gasteiger partial charge is 0.444 e. The van der Waals surface area contributed by atoms with Gasteiger partial charge in [-0.05, 0) is 50.1 Å². The zero-order valence-electron chi connectivity index (χ0n) is 22.2. The first-order valence-electron chi connectivity index (χ1n) is 13.3. The van der Waals surface area contributed by atoms with Gasteiger partial charge in [-0.1, -0.05) is 5.16 Å². The van der Waals surface area contributed by atoms with Gasteiger partial charge in [0, 0.05) is 51.1 Å². The minimum atomic E-state index is -0.707. The minimum absolute atomic E-state index is 0.198. The van der Waals surface area contributed by atoms with Crippen molar-refractivity contribution in [2.24, 2.45) is 0 Å². The van der Waals surface area contributed by atoms with Crippen molar-refractivity contribution in [1.29, 1.82) is 0 Å². The number of halogens is 1. The molecule has 2 aromatic heterocycles. The molecule has 2 aliphatic rings. The van der Waals surface area contributed by atoms with Crippen LogP contribution in [0, 0.1) is 5.82 Å². The van der Waals surface area contributed by atoms with E-state index in [4.69, 9.17) is 9.26 Å². The Kier molecular flexibility index (Phi) is 8.23. The number of pyridine rings is 1. The Bertz CT molecular complexity index is 1330. The Balaban J connectivity index is 1.11. The third-order valence-electron chi connectivity index (χ3n) is 7.13. The van der Waals surface area contributed by atoms with Crippen molar-refractivity contribution in [3.63, 3.8) is 0 Å². The smallest absolute Gasteiger partial charge is 0.414 e. The third-order valence-corrected chi connectivity index (χ3v) is 7.13. The number of cyclic esters (lactones) is 1. The SMILES string of the molecule is C[C@H](NC(=O)c1cccnc1)C(=O)N1CCN(c2ccc(N3C[C@H](CCCc4ccno4)OC3=O)cc2F)CC1. The summed E-state index contributed by atoms with van der Waals surface area (Å²) in [6, 6.07) is 9.10. The number of benzene rings is 1. The Hall–Kier alpha value is -4.48. The van der Waals surface area contributed by atoms with E-state index in [2.05, 4.69) is 15.5 Å². The minimum Gasteiger partial charge on any atom is -0.444 e. The maximum absolute atomic E-state index is 15.2. The molecule has 3 aromatic rings. The molecule has 4 heterocycles. The standard InChI is InChI=1S/C28H31FN6O5/c1-19(32-26(36)20-4-3-10-30-17-20)27(37)34-14-12-33(13-15-34)25-8-7-21(16-24(25)29)35-18-23(39-28(35)38)6-2-5-22-9-11-31-40-22/h3-4,7-11,16-17,19,23H,2,5-6,12-15,18H2,1H3,(H,32,36)/t19-,23-/m0/s1. The maximum Gasteiger partial charge on any atom is 0.414 e. The highest BCUT2D eigenvalue weighted by Crippen LogP contribution is 2.29. The molecule has 0 saturated carbocycles. The van der Waals surface area contributed by atoms with E-state index in [1.54, 1.807) is 54.5 Å². The quantitative estimate of drug-likeness (QED) is 0.432. The van der Waals surface area contributed by atoms with Gasteiger partial charge in [0.1, 0.15) is 23.7 Å². The molecule has 5 rings (SSSR count). The number of amides is 3. The summed E-state index contributed by atoms with van der Waals surface area (Å²) in [6.45, 7) is 3.65. The first-order chi connectivity index (χ1) is 19.4. The third kappa shape index (κ3) is 6.22. The fourth-order valence-corrected chi connectivity index (χ4v) is 4.96. The number of hydrogen-bond acceptors (Lipinski definition) is 8. The van der Waals surface area contributed by atoms with Gasteiger partial charge in [-0.15, -0.1) is 0 Å². The average molecular weight is 551 g/mol. The molecular weight excluding hydrogens is 519 g/mol. The Morgan fingerprint density at radius 2 is 1.98 bits per heavy atom. The van der Waals surface area contributed by atoms with Gasteiger partial charge in [0.25, 0.3) is 5.91 Å². The number of anilines is 2. The number of piperazine rings is 1. The van der Waals surface area contributed by atoms with Gasteiger partial charge in [-0.3, -0.25) is 19.5 Å². The van der Waals surface area contributed by atoms with Gasteiger partial charge in [0.05, 0.1) is 29.7 Å². The second kappa shape index (κ2) is 12.1. The van der Waals surface area contributed by atoms with Crippen molar-refractivity contribution in [3.05, 3.63) is 72.1 Å². The Morgan fingerprint density at radius 1 is 1.15 bits per heavy atom. The molecule has 0 aliphatic carbocycles. The molecule has 0 bridgehead atoms. The molecule has 40 heavy (non-hydrogen) atoms. The summed E-state index contributed by atoms with van der Waals surface area (Å²) < 4.78 is 25.8. The molecule has 0 radical (unpaired) electrons. The van der Waals surface area contributed by atoms with E-state index in [0.29, 0.717) is 62.5 Å². The number of aromatic nitrogens is 2. The van der Waals surface area contributed by atoms with Crippen LogP contribution < -0.4 is 15.1 Å². The normalized spacial score (nSPS) is 18.0. The summed E-state index contributed by atoms with van der Waals surface area (Å²) in [7, 11) is 0. The molecule has 3 amide bonds. The Labute approximate surface area is 230 Å². The predicted molar refractivity (Wildman–Crippen MR) is 143 cm³/mol. The van der Waals surface area contributed by atoms with Crippen molar-refractivity contribution in [2.45, 2.75) is 38.3 Å². The number of carbonyl (C=O) groups excluding carboxylic acids is 3. The summed E-state index contributed by atoms with van der Waals surface area (Å²) in [5.74, 6) is -0.230. The summed E-state index contributed by atoms with van der Waals surface area (Å²) in [6.07, 6.45) is 5.98. The zero-order valence-corrected chi connectivity index (χ0v) is 22.2. The lowest BCUT2D eigenvalue weighted by Crippen LogP contribution is -2.54. The van der Waals surface area contributed by atoms with Crippen LogP contribution in [0.3, 0.4) is 0 Å². The van der Waals surface area contributed by atoms with Crippen molar-refractivity contribution in [2.75, 3.05) is 42.5 Å². The van der Waals surface area contributed by atoms with E-state index in [1.807, 2.05) is 4.90 Å². The second-order valence-corrected chi connectivity index (χ2v) is 9.87. The molecule has 210 valence electrons. The van der Waals surface area contributed by atoms with Crippen LogP contribution >= 0.6 is 0 Å². The number of nitrogens with zero attached hydrogens (tertiary/aromatic N) is 5. The van der Waals surface area contributed by atoms with Gasteiger partial charge >= 0.3 is 6.09 Å². The number of rotatable bonds is 9. The molecule has 1 N–H and O–H groups in total. The average Bonchev–Trinajstić information content (AvgIpc) is 3.62. The molecule has 2 aliphatic heterocycles. The summed E-state index contributed by atoms with van der Waals surface area (Å²) in [5.41, 5.74) is 1.23. The molecule has 1 aromatic carbocycles. The summed E-state index contributed by atoms with van der Waals surface area (Å²) in [5, 5.41) is 6.39. The van der Waals surface area contributed by atoms with E-state index in [9.17, 15) is 14.4 Å². The zero-order chi connectivity index (χ0) is 28.1. The fraction of sp³-hybridized carbons (Fsp3) is 0.393. The highest BCUT2D eigenvalue weighted by molar-refractivity contribution is 5.97. The number of carbonyl (C=O) groups is 3. The topological polar surface area (TPSA) is 121 Å². The van der Waals surface area contributed by atoms with Crippen LogP contribution in [0.15, 0.2) is 59.5 Å². The molecular formula is C28H31FN6O5. The van der Waals surface area contributed by atoms with Crippen LogP contribution in [0.4, 0.5) is 20.6 Å². The van der Waals surface area contributed by atoms with E-state index in [1.165, 1.54) is 17.2 Å². The van der Waals surface area contributed by atoms with E-state index >= 15 is 4.39 Å². The number of hydrogen-bond donors (Lipinski definition) is 1. The first-order valence-corrected chi connectivity index (χ1v) is 13.3. The predicted octanol–water partition coefficient (Wildman–Crippen LogP) is 3.02. The lowest BCUT2D eigenvalue weighted by Gasteiger charge is -2.37. The van der Waals surface area contributed by atoms with Gasteiger partial charge in [-0.25, -0.2) is 9.18 Å². The van der Waals surface area contributed by atoms with Gasteiger partial charge in [-0.2, -0.15) is 0 Å². The van der Waals surface area contributed by atoms with Crippen molar-refractivity contribution in [3.8, 4) is 0 Å². The van der Waals surface area contributed by atoms with E-state index < -0.39 is 18.0 Å². The van der Waals surface area contributed by atoms with Gasteiger partial charge in [0.2, 0.25) is 5.91 Å². The Morgan fingerprint density at radius 3 is 2.67 bits per heavy atom. The van der Waals surface area contributed by atoms with Crippen LogP contribution in [0.25, 0.3) is 0 Å². The summed E-state index contributed by atoms with van der Waals surface area (Å²) >= 11 is 0. The lowest BCUT2D eigenvalue weighted by molar-refractivity contribution is -0.133. The van der Waals surface area contributed by atoms with Crippen LogP contribution in [-0.4, -0.2) is 77.8 Å². The van der Waals surface area contributed by atoms with Crippen LogP contribution in [0.2, 0.25) is 0 Å². The molecule has 0 spiro atoms. The fourth-order valence-electron chi connectivity index (χ4n) is 4.96. The molecule has 11 nitrogen and oxygen atoms in total. The van der Waals surface area contributed by atoms with Crippen molar-refractivity contribution in [1.82, 2.24) is 20.4 Å². The van der Waals surface area contributed by atoms with Crippen LogP contribution in [0.5, 0.6) is 0 Å². The van der Waals surface area contributed by atoms with Crippen molar-refractivity contribution >= 4 is 29.3 Å². The molecule has 2 fully saturated rings. The van der Waals surface area contributed by atoms with Gasteiger partial charge in [0.15, 0.2) is 0 Å². The molecule has 2 atom stereocenters. The van der Waals surface area contributed by atoms with E-state index in [-0.39, 0.29) is 17.9 Å². The first kappa shape index (κ1) is 27.1. The number of nitrogens with one attached hydrogen (secondary N) is 1. The summed E-state index contributed by atoms with van der Waals surface area (Å²) in [4.78, 5) is 46.6. The lowest BCUT2D eigenvalue weighted by atomic mass is 10.1. The van der Waals surface area contributed by atoms with Crippen LogP contribution in [-0.2, 0) is 16.0 Å². The monoisotopic (exact) mass is 550 g/mol. The number of ether oxygens (including phenoxy) is 1. The maximum atomic E-state index is 15.2. The second-order valence-electron chi connectivity index (χ2n) is 9.87. The van der Waals surface area contributed by atoms with Gasteiger partial charge < -0.3 is 24.4 Å². The molecule has 12 heteroatoms. The molecule has 2 saturated heterocycles. The van der Waals surface area contributed by atoms with Crippen LogP contribution in [0.1, 0.15) is 35.9 Å². The number of aryl methyl sites for hydroxylation is 1. The molecule has 0 unspecified atom stereocenters.